The summed E-state index contributed by atoms with van der Waals surface area (Å²) in [6.45, 7) is 5.53. The first-order chi connectivity index (χ1) is 15.2. The van der Waals surface area contributed by atoms with Gasteiger partial charge in [0.05, 0.1) is 22.5 Å². The van der Waals surface area contributed by atoms with E-state index in [2.05, 4.69) is 20.6 Å². The lowest BCUT2D eigenvalue weighted by atomic mass is 10.0. The maximum atomic E-state index is 14.5. The maximum absolute atomic E-state index is 14.5. The minimum Gasteiger partial charge on any atom is -0.374 e. The number of H-pyrrole nitrogens is 1. The maximum Gasteiger partial charge on any atom is 0.256 e. The van der Waals surface area contributed by atoms with E-state index in [4.69, 9.17) is 11.6 Å². The molecule has 9 heteroatoms. The first-order valence-corrected chi connectivity index (χ1v) is 10.5. The van der Waals surface area contributed by atoms with Crippen LogP contribution < -0.4 is 16.2 Å². The molecule has 7 nitrogen and oxygen atoms in total. The van der Waals surface area contributed by atoms with E-state index in [1.807, 2.05) is 13.8 Å². The molecule has 0 unspecified atom stereocenters. The topological polar surface area (TPSA) is 107 Å². The Morgan fingerprint density at radius 1 is 1.22 bits per heavy atom. The molecular weight excluding hydrogens is 435 g/mol. The normalized spacial score (nSPS) is 12.0. The molecule has 0 aliphatic heterocycles. The lowest BCUT2D eigenvalue weighted by Gasteiger charge is -2.18. The summed E-state index contributed by atoms with van der Waals surface area (Å²) in [5, 5.41) is 15.7. The Balaban J connectivity index is 2.10. The SMILES string of the molecule is CC[C@H](O)NC(=O)c1cnccc1Nc1cc(-c2cc(Cl)ccc2F)c(=O)[nH]c1C(C)C. The number of rotatable bonds is 7. The zero-order valence-electron chi connectivity index (χ0n) is 17.9. The Labute approximate surface area is 189 Å². The molecule has 0 aliphatic carbocycles. The highest BCUT2D eigenvalue weighted by molar-refractivity contribution is 6.30. The largest absolute Gasteiger partial charge is 0.374 e. The second-order valence-electron chi connectivity index (χ2n) is 7.56. The highest BCUT2D eigenvalue weighted by Gasteiger charge is 2.19. The Hall–Kier alpha value is -3.23. The van der Waals surface area contributed by atoms with Crippen molar-refractivity contribution in [3.63, 3.8) is 0 Å². The van der Waals surface area contributed by atoms with Crippen LogP contribution in [0.4, 0.5) is 15.8 Å². The highest BCUT2D eigenvalue weighted by Crippen LogP contribution is 2.31. The molecule has 3 rings (SSSR count). The van der Waals surface area contributed by atoms with Crippen LogP contribution in [-0.4, -0.2) is 27.2 Å². The summed E-state index contributed by atoms with van der Waals surface area (Å²) < 4.78 is 14.5. The van der Waals surface area contributed by atoms with Crippen LogP contribution in [0.2, 0.25) is 5.02 Å². The molecule has 0 saturated carbocycles. The van der Waals surface area contributed by atoms with Gasteiger partial charge in [0.25, 0.3) is 11.5 Å². The molecule has 0 aliphatic rings. The van der Waals surface area contributed by atoms with Crippen molar-refractivity contribution in [2.45, 2.75) is 39.3 Å². The molecule has 168 valence electrons. The fraction of sp³-hybridized carbons (Fsp3) is 0.261. The van der Waals surface area contributed by atoms with Gasteiger partial charge >= 0.3 is 0 Å². The van der Waals surface area contributed by atoms with Gasteiger partial charge in [-0.1, -0.05) is 32.4 Å². The van der Waals surface area contributed by atoms with Gasteiger partial charge in [-0.2, -0.15) is 0 Å². The lowest BCUT2D eigenvalue weighted by Crippen LogP contribution is -2.34. The van der Waals surface area contributed by atoms with Crippen LogP contribution in [0.5, 0.6) is 0 Å². The molecular formula is C23H24ClFN4O3. The van der Waals surface area contributed by atoms with Crippen LogP contribution in [0.3, 0.4) is 0 Å². The van der Waals surface area contributed by atoms with Crippen molar-refractivity contribution in [1.82, 2.24) is 15.3 Å². The van der Waals surface area contributed by atoms with E-state index in [0.29, 0.717) is 28.5 Å². The number of aromatic amines is 1. The quantitative estimate of drug-likeness (QED) is 0.388. The third-order valence-electron chi connectivity index (χ3n) is 4.89. The number of halogens is 2. The Morgan fingerprint density at radius 2 is 1.97 bits per heavy atom. The van der Waals surface area contributed by atoms with Crippen LogP contribution >= 0.6 is 11.6 Å². The molecule has 0 bridgehead atoms. The molecule has 3 aromatic rings. The number of aliphatic hydroxyl groups excluding tert-OH is 1. The van der Waals surface area contributed by atoms with E-state index in [0.717, 1.165) is 0 Å². The number of benzene rings is 1. The number of aliphatic hydroxyl groups is 1. The number of anilines is 2. The zero-order chi connectivity index (χ0) is 23.4. The molecule has 0 saturated heterocycles. The first-order valence-electron chi connectivity index (χ1n) is 10.1. The molecule has 0 fully saturated rings. The van der Waals surface area contributed by atoms with Gasteiger partial charge in [0.2, 0.25) is 0 Å². The Morgan fingerprint density at radius 3 is 2.66 bits per heavy atom. The van der Waals surface area contributed by atoms with E-state index in [9.17, 15) is 19.1 Å². The predicted molar refractivity (Wildman–Crippen MR) is 123 cm³/mol. The van der Waals surface area contributed by atoms with E-state index in [-0.39, 0.29) is 22.6 Å². The van der Waals surface area contributed by atoms with Gasteiger partial charge in [0.1, 0.15) is 12.0 Å². The van der Waals surface area contributed by atoms with Gasteiger partial charge in [0.15, 0.2) is 0 Å². The number of pyridine rings is 2. The number of aromatic nitrogens is 2. The van der Waals surface area contributed by atoms with E-state index in [1.54, 1.807) is 13.0 Å². The Kier molecular flexibility index (Phi) is 7.27. The zero-order valence-corrected chi connectivity index (χ0v) is 18.6. The fourth-order valence-corrected chi connectivity index (χ4v) is 3.34. The second-order valence-corrected chi connectivity index (χ2v) is 8.00. The number of carbonyl (C=O) groups excluding carboxylic acids is 1. The smallest absolute Gasteiger partial charge is 0.256 e. The summed E-state index contributed by atoms with van der Waals surface area (Å²) in [4.78, 5) is 32.2. The third kappa shape index (κ3) is 5.15. The molecule has 4 N–H and O–H groups in total. The molecule has 1 atom stereocenters. The highest BCUT2D eigenvalue weighted by atomic mass is 35.5. The molecule has 32 heavy (non-hydrogen) atoms. The molecule has 2 heterocycles. The third-order valence-corrected chi connectivity index (χ3v) is 5.12. The van der Waals surface area contributed by atoms with Gasteiger partial charge in [-0.3, -0.25) is 14.6 Å². The van der Waals surface area contributed by atoms with E-state index < -0.39 is 23.5 Å². The summed E-state index contributed by atoms with van der Waals surface area (Å²) in [6, 6.07) is 7.12. The molecule has 1 amide bonds. The van der Waals surface area contributed by atoms with Gasteiger partial charge in [-0.25, -0.2) is 4.39 Å². The Bertz CT molecular complexity index is 1200. The van der Waals surface area contributed by atoms with Crippen LogP contribution in [-0.2, 0) is 0 Å². The number of nitrogens with one attached hydrogen (secondary N) is 3. The van der Waals surface area contributed by atoms with Crippen molar-refractivity contribution >= 4 is 28.9 Å². The van der Waals surface area contributed by atoms with Crippen LogP contribution in [0, 0.1) is 5.82 Å². The van der Waals surface area contributed by atoms with Crippen molar-refractivity contribution in [3.8, 4) is 11.1 Å². The summed E-state index contributed by atoms with van der Waals surface area (Å²) in [5.74, 6) is -1.17. The first kappa shape index (κ1) is 23.4. The van der Waals surface area contributed by atoms with Gasteiger partial charge in [-0.15, -0.1) is 0 Å². The van der Waals surface area contributed by atoms with Crippen LogP contribution in [0.15, 0.2) is 47.5 Å². The van der Waals surface area contributed by atoms with Crippen molar-refractivity contribution in [2.75, 3.05) is 5.32 Å². The average Bonchev–Trinajstić information content (AvgIpc) is 2.76. The number of hydrogen-bond donors (Lipinski definition) is 4. The summed E-state index contributed by atoms with van der Waals surface area (Å²) >= 11 is 6.01. The molecule has 0 radical (unpaired) electrons. The standard InChI is InChI=1S/C23H24ClFN4O3/c1-4-20(30)28-23(32)16-11-26-8-7-18(16)27-19-10-15(22(31)29-21(19)12(2)3)14-9-13(24)5-6-17(14)25/h5-12,20,30H,4H2,1-3H3,(H,26,27)(H,28,32)(H,29,31)/t20-/m0/s1. The van der Waals surface area contributed by atoms with E-state index in [1.165, 1.54) is 36.7 Å². The monoisotopic (exact) mass is 458 g/mol. The van der Waals surface area contributed by atoms with Crippen molar-refractivity contribution in [1.29, 1.82) is 0 Å². The number of amides is 1. The average molecular weight is 459 g/mol. The minimum absolute atomic E-state index is 0.0656. The summed E-state index contributed by atoms with van der Waals surface area (Å²) in [6.07, 6.45) is 2.24. The van der Waals surface area contributed by atoms with Gasteiger partial charge in [-0.05, 0) is 42.7 Å². The minimum atomic E-state index is -0.993. The summed E-state index contributed by atoms with van der Waals surface area (Å²) in [5.41, 5.74) is 1.39. The molecule has 1 aromatic carbocycles. The molecule has 0 spiro atoms. The van der Waals surface area contributed by atoms with Crippen LogP contribution in [0.1, 0.15) is 49.2 Å². The summed E-state index contributed by atoms with van der Waals surface area (Å²) in [7, 11) is 0. The lowest BCUT2D eigenvalue weighted by molar-refractivity contribution is 0.0777. The number of nitrogens with zero attached hydrogens (tertiary/aromatic N) is 1. The second kappa shape index (κ2) is 9.93. The predicted octanol–water partition coefficient (Wildman–Crippen LogP) is 4.55. The van der Waals surface area contributed by atoms with Gasteiger partial charge < -0.3 is 20.7 Å². The van der Waals surface area contributed by atoms with Gasteiger partial charge in [0, 0.05) is 28.7 Å². The molecule has 2 aromatic heterocycles. The number of carbonyl (C=O) groups is 1. The van der Waals surface area contributed by atoms with E-state index >= 15 is 0 Å². The fourth-order valence-electron chi connectivity index (χ4n) is 3.17. The number of hydrogen-bond acceptors (Lipinski definition) is 5. The van der Waals surface area contributed by atoms with Crippen molar-refractivity contribution in [3.05, 3.63) is 75.2 Å². The van der Waals surface area contributed by atoms with Crippen molar-refractivity contribution < 1.29 is 14.3 Å². The van der Waals surface area contributed by atoms with Crippen LogP contribution in [0.25, 0.3) is 11.1 Å². The van der Waals surface area contributed by atoms with Crippen molar-refractivity contribution in [2.24, 2.45) is 0 Å².